The number of rotatable bonds is 6. The van der Waals surface area contributed by atoms with Crippen molar-refractivity contribution < 1.29 is 19.6 Å². The van der Waals surface area contributed by atoms with Gasteiger partial charge in [0.1, 0.15) is 11.5 Å². The lowest BCUT2D eigenvalue weighted by molar-refractivity contribution is -0.384. The molecule has 0 bridgehead atoms. The smallest absolute Gasteiger partial charge is 0.270 e. The lowest BCUT2D eigenvalue weighted by atomic mass is 10.1. The number of hydrogen-bond acceptors (Lipinski definition) is 5. The van der Waals surface area contributed by atoms with Crippen LogP contribution in [0.4, 0.5) is 11.4 Å². The minimum Gasteiger partial charge on any atom is -0.508 e. The van der Waals surface area contributed by atoms with Crippen LogP contribution in [0.2, 0.25) is 0 Å². The van der Waals surface area contributed by atoms with E-state index in [4.69, 9.17) is 4.74 Å². The zero-order valence-corrected chi connectivity index (χ0v) is 15.1. The van der Waals surface area contributed by atoms with Gasteiger partial charge in [0.25, 0.3) is 11.6 Å². The van der Waals surface area contributed by atoms with Gasteiger partial charge in [0.2, 0.25) is 0 Å². The molecule has 1 amide bonds. The van der Waals surface area contributed by atoms with E-state index in [2.05, 4.69) is 0 Å². The molecular weight excluding hydrogens is 360 g/mol. The van der Waals surface area contributed by atoms with Crippen molar-refractivity contribution >= 4 is 17.3 Å². The Morgan fingerprint density at radius 3 is 2.36 bits per heavy atom. The summed E-state index contributed by atoms with van der Waals surface area (Å²) < 4.78 is 5.15. The number of hydrogen-bond donors (Lipinski definition) is 1. The van der Waals surface area contributed by atoms with Crippen LogP contribution >= 0.6 is 0 Å². The van der Waals surface area contributed by atoms with Gasteiger partial charge in [0, 0.05) is 23.4 Å². The first-order valence-electron chi connectivity index (χ1n) is 8.46. The molecule has 7 nitrogen and oxygen atoms in total. The van der Waals surface area contributed by atoms with Gasteiger partial charge >= 0.3 is 0 Å². The number of aromatic hydroxyl groups is 1. The fourth-order valence-corrected chi connectivity index (χ4v) is 2.73. The fourth-order valence-electron chi connectivity index (χ4n) is 2.73. The Bertz CT molecular complexity index is 984. The van der Waals surface area contributed by atoms with E-state index in [0.717, 1.165) is 5.56 Å². The molecule has 0 unspecified atom stereocenters. The average Bonchev–Trinajstić information content (AvgIpc) is 2.73. The molecule has 0 fully saturated rings. The Hall–Kier alpha value is -3.87. The highest BCUT2D eigenvalue weighted by molar-refractivity contribution is 6.06. The number of anilines is 1. The molecule has 0 heterocycles. The van der Waals surface area contributed by atoms with Crippen molar-refractivity contribution in [2.24, 2.45) is 0 Å². The first kappa shape index (κ1) is 18.9. The Labute approximate surface area is 161 Å². The lowest BCUT2D eigenvalue weighted by Gasteiger charge is -2.23. The van der Waals surface area contributed by atoms with E-state index in [-0.39, 0.29) is 29.5 Å². The molecule has 0 aliphatic rings. The fraction of sp³-hybridized carbons (Fsp3) is 0.0952. The number of carbonyl (C=O) groups is 1. The highest BCUT2D eigenvalue weighted by atomic mass is 16.6. The third-order valence-electron chi connectivity index (χ3n) is 4.21. The topological polar surface area (TPSA) is 92.9 Å². The first-order chi connectivity index (χ1) is 13.5. The largest absolute Gasteiger partial charge is 0.508 e. The van der Waals surface area contributed by atoms with Gasteiger partial charge in [-0.2, -0.15) is 0 Å². The molecule has 3 rings (SSSR count). The van der Waals surface area contributed by atoms with Crippen LogP contribution in [0.5, 0.6) is 11.5 Å². The number of phenolic OH excluding ortho intramolecular Hbond substituents is 1. The lowest BCUT2D eigenvalue weighted by Crippen LogP contribution is -2.30. The number of nitro benzene ring substituents is 1. The van der Waals surface area contributed by atoms with E-state index in [1.165, 1.54) is 41.3 Å². The molecule has 0 aliphatic carbocycles. The second-order valence-corrected chi connectivity index (χ2v) is 6.06. The van der Waals surface area contributed by atoms with E-state index in [0.29, 0.717) is 11.4 Å². The maximum absolute atomic E-state index is 13.1. The zero-order valence-electron chi connectivity index (χ0n) is 15.1. The molecule has 0 saturated heterocycles. The standard InChI is InChI=1S/C21H18N2O5/c1-28-20-11-5-15(6-12-20)14-22(17-7-9-19(24)10-8-17)21(25)16-3-2-4-18(13-16)23(26)27/h2-13,24H,14H2,1H3. The summed E-state index contributed by atoms with van der Waals surface area (Å²) in [5.74, 6) is 0.395. The maximum Gasteiger partial charge on any atom is 0.270 e. The molecule has 0 spiro atoms. The Morgan fingerprint density at radius 2 is 1.75 bits per heavy atom. The van der Waals surface area contributed by atoms with Crippen LogP contribution in [0.3, 0.4) is 0 Å². The Balaban J connectivity index is 1.97. The van der Waals surface area contributed by atoms with Gasteiger partial charge in [0.15, 0.2) is 0 Å². The predicted octanol–water partition coefficient (Wildman–Crippen LogP) is 4.16. The predicted molar refractivity (Wildman–Crippen MR) is 105 cm³/mol. The number of methoxy groups -OCH3 is 1. The van der Waals surface area contributed by atoms with Gasteiger partial charge in [-0.1, -0.05) is 18.2 Å². The Morgan fingerprint density at radius 1 is 1.07 bits per heavy atom. The normalized spacial score (nSPS) is 10.3. The van der Waals surface area contributed by atoms with Crippen LogP contribution in [0.15, 0.2) is 72.8 Å². The summed E-state index contributed by atoms with van der Waals surface area (Å²) in [6.45, 7) is 0.246. The summed E-state index contributed by atoms with van der Waals surface area (Å²) in [6, 6.07) is 19.1. The number of benzene rings is 3. The van der Waals surface area contributed by atoms with Gasteiger partial charge in [-0.25, -0.2) is 0 Å². The van der Waals surface area contributed by atoms with Gasteiger partial charge < -0.3 is 14.7 Å². The van der Waals surface area contributed by atoms with E-state index in [1.54, 1.807) is 31.4 Å². The molecule has 0 aromatic heterocycles. The summed E-state index contributed by atoms with van der Waals surface area (Å²) >= 11 is 0. The molecule has 7 heteroatoms. The van der Waals surface area contributed by atoms with Gasteiger partial charge in [0.05, 0.1) is 18.6 Å². The van der Waals surface area contributed by atoms with Gasteiger partial charge in [-0.3, -0.25) is 14.9 Å². The third-order valence-corrected chi connectivity index (χ3v) is 4.21. The molecule has 0 saturated carbocycles. The van der Waals surface area contributed by atoms with Crippen molar-refractivity contribution in [3.63, 3.8) is 0 Å². The van der Waals surface area contributed by atoms with Crippen molar-refractivity contribution in [1.82, 2.24) is 0 Å². The molecule has 0 radical (unpaired) electrons. The number of nitro groups is 1. The van der Waals surface area contributed by atoms with Crippen LogP contribution in [0, 0.1) is 10.1 Å². The SMILES string of the molecule is COc1ccc(CN(C(=O)c2cccc([N+](=O)[O-])c2)c2ccc(O)cc2)cc1. The number of amides is 1. The van der Waals surface area contributed by atoms with Crippen LogP contribution in [-0.2, 0) is 6.54 Å². The summed E-state index contributed by atoms with van der Waals surface area (Å²) in [4.78, 5) is 25.2. The molecule has 28 heavy (non-hydrogen) atoms. The summed E-state index contributed by atoms with van der Waals surface area (Å²) in [7, 11) is 1.57. The number of ether oxygens (including phenoxy) is 1. The first-order valence-corrected chi connectivity index (χ1v) is 8.46. The number of nitrogens with zero attached hydrogens (tertiary/aromatic N) is 2. The summed E-state index contributed by atoms with van der Waals surface area (Å²) in [5.41, 5.74) is 1.47. The van der Waals surface area contributed by atoms with Crippen LogP contribution in [0.25, 0.3) is 0 Å². The molecular formula is C21H18N2O5. The molecule has 0 atom stereocenters. The van der Waals surface area contributed by atoms with Crippen LogP contribution < -0.4 is 9.64 Å². The number of phenols is 1. The highest BCUT2D eigenvalue weighted by Crippen LogP contribution is 2.25. The molecule has 3 aromatic carbocycles. The van der Waals surface area contributed by atoms with Crippen molar-refractivity contribution in [2.75, 3.05) is 12.0 Å². The minimum absolute atomic E-state index is 0.0796. The second-order valence-electron chi connectivity index (χ2n) is 6.06. The van der Waals surface area contributed by atoms with Crippen LogP contribution in [-0.4, -0.2) is 23.0 Å². The molecule has 0 aliphatic heterocycles. The van der Waals surface area contributed by atoms with Gasteiger partial charge in [-0.15, -0.1) is 0 Å². The van der Waals surface area contributed by atoms with Crippen molar-refractivity contribution in [1.29, 1.82) is 0 Å². The van der Waals surface area contributed by atoms with Crippen molar-refractivity contribution in [3.8, 4) is 11.5 Å². The highest BCUT2D eigenvalue weighted by Gasteiger charge is 2.20. The van der Waals surface area contributed by atoms with Crippen molar-refractivity contribution in [3.05, 3.63) is 94.0 Å². The molecule has 142 valence electrons. The monoisotopic (exact) mass is 378 g/mol. The van der Waals surface area contributed by atoms with E-state index in [9.17, 15) is 20.0 Å². The average molecular weight is 378 g/mol. The van der Waals surface area contributed by atoms with E-state index in [1.807, 2.05) is 12.1 Å². The maximum atomic E-state index is 13.1. The van der Waals surface area contributed by atoms with Crippen molar-refractivity contribution in [2.45, 2.75) is 6.54 Å². The van der Waals surface area contributed by atoms with Gasteiger partial charge in [-0.05, 0) is 48.0 Å². The van der Waals surface area contributed by atoms with E-state index >= 15 is 0 Å². The summed E-state index contributed by atoms with van der Waals surface area (Å²) in [5, 5.41) is 20.6. The van der Waals surface area contributed by atoms with Crippen LogP contribution in [0.1, 0.15) is 15.9 Å². The minimum atomic E-state index is -0.537. The second kappa shape index (κ2) is 8.22. The molecule has 1 N–H and O–H groups in total. The number of non-ortho nitro benzene ring substituents is 1. The quantitative estimate of drug-likeness (QED) is 0.514. The third kappa shape index (κ3) is 4.27. The summed E-state index contributed by atoms with van der Waals surface area (Å²) in [6.07, 6.45) is 0. The molecule has 3 aromatic rings. The number of carbonyl (C=O) groups excluding carboxylic acids is 1. The Kier molecular flexibility index (Phi) is 5.55. The zero-order chi connectivity index (χ0) is 20.1. The van der Waals surface area contributed by atoms with E-state index < -0.39 is 4.92 Å².